The van der Waals surface area contributed by atoms with E-state index in [2.05, 4.69) is 6.92 Å². The van der Waals surface area contributed by atoms with Crippen molar-refractivity contribution in [1.82, 2.24) is 0 Å². The van der Waals surface area contributed by atoms with Crippen LogP contribution in [0.1, 0.15) is 36.5 Å². The molecule has 0 unspecified atom stereocenters. The minimum absolute atomic E-state index is 0.143. The summed E-state index contributed by atoms with van der Waals surface area (Å²) in [5.74, 6) is -0.691. The number of anilines is 1. The van der Waals surface area contributed by atoms with E-state index in [1.165, 1.54) is 29.2 Å². The molecule has 150 valence electrons. The summed E-state index contributed by atoms with van der Waals surface area (Å²) in [7, 11) is 0. The van der Waals surface area contributed by atoms with Crippen LogP contribution in [0.4, 0.5) is 5.69 Å². The van der Waals surface area contributed by atoms with Crippen LogP contribution in [0, 0.1) is 17.8 Å². The van der Waals surface area contributed by atoms with Gasteiger partial charge in [0, 0.05) is 5.02 Å². The van der Waals surface area contributed by atoms with E-state index in [0.29, 0.717) is 16.6 Å². The molecule has 7 heteroatoms. The Bertz CT molecular complexity index is 989. The molecule has 0 bridgehead atoms. The van der Waals surface area contributed by atoms with Gasteiger partial charge in [-0.1, -0.05) is 30.1 Å². The second-order valence-corrected chi connectivity index (χ2v) is 8.50. The molecule has 1 saturated heterocycles. The van der Waals surface area contributed by atoms with Crippen LogP contribution in [0.25, 0.3) is 0 Å². The maximum absolute atomic E-state index is 12.8. The summed E-state index contributed by atoms with van der Waals surface area (Å²) in [6, 6.07) is 10.8. The summed E-state index contributed by atoms with van der Waals surface area (Å²) in [4.78, 5) is 39.2. The van der Waals surface area contributed by atoms with Crippen molar-refractivity contribution in [1.29, 1.82) is 0 Å². The molecule has 2 aromatic rings. The molecule has 0 N–H and O–H groups in total. The number of esters is 1. The third kappa shape index (κ3) is 3.77. The van der Waals surface area contributed by atoms with Crippen LogP contribution < -0.4 is 9.64 Å². The van der Waals surface area contributed by atoms with Crippen LogP contribution in [0.15, 0.2) is 42.5 Å². The number of benzene rings is 2. The van der Waals surface area contributed by atoms with Crippen molar-refractivity contribution in [2.45, 2.75) is 26.2 Å². The molecule has 2 amide bonds. The molecule has 2 aliphatic rings. The Kier molecular flexibility index (Phi) is 5.36. The zero-order valence-corrected chi connectivity index (χ0v) is 17.2. The van der Waals surface area contributed by atoms with Gasteiger partial charge in [0.1, 0.15) is 5.75 Å². The Morgan fingerprint density at radius 3 is 2.38 bits per heavy atom. The van der Waals surface area contributed by atoms with Gasteiger partial charge in [0.15, 0.2) is 0 Å². The molecule has 1 aliphatic heterocycles. The van der Waals surface area contributed by atoms with Crippen LogP contribution >= 0.6 is 23.2 Å². The minimum Gasteiger partial charge on any atom is -0.421 e. The first kappa shape index (κ1) is 19.9. The van der Waals surface area contributed by atoms with Gasteiger partial charge in [-0.2, -0.15) is 0 Å². The summed E-state index contributed by atoms with van der Waals surface area (Å²) < 4.78 is 5.31. The molecule has 4 rings (SSSR count). The van der Waals surface area contributed by atoms with Gasteiger partial charge in [-0.05, 0) is 67.6 Å². The summed E-state index contributed by atoms with van der Waals surface area (Å²) in [5.41, 5.74) is 0.757. The highest BCUT2D eigenvalue weighted by molar-refractivity contribution is 6.35. The molecule has 1 heterocycles. The molecule has 0 spiro atoms. The average molecular weight is 432 g/mol. The third-order valence-corrected chi connectivity index (χ3v) is 6.18. The normalized spacial score (nSPS) is 23.8. The van der Waals surface area contributed by atoms with E-state index in [1.54, 1.807) is 18.2 Å². The summed E-state index contributed by atoms with van der Waals surface area (Å²) in [5, 5.41) is 0.668. The number of hydrogen-bond donors (Lipinski definition) is 0. The van der Waals surface area contributed by atoms with Gasteiger partial charge in [0.25, 0.3) is 0 Å². The zero-order chi connectivity index (χ0) is 20.7. The third-order valence-electron chi connectivity index (χ3n) is 5.65. The van der Waals surface area contributed by atoms with E-state index in [4.69, 9.17) is 27.9 Å². The predicted molar refractivity (Wildman–Crippen MR) is 110 cm³/mol. The smallest absolute Gasteiger partial charge is 0.343 e. The lowest BCUT2D eigenvalue weighted by Gasteiger charge is -2.25. The van der Waals surface area contributed by atoms with Crippen molar-refractivity contribution in [2.75, 3.05) is 4.90 Å². The lowest BCUT2D eigenvalue weighted by Crippen LogP contribution is -2.30. The van der Waals surface area contributed by atoms with Gasteiger partial charge in [0.2, 0.25) is 11.8 Å². The van der Waals surface area contributed by atoms with Crippen molar-refractivity contribution in [3.63, 3.8) is 0 Å². The Labute approximate surface area is 178 Å². The van der Waals surface area contributed by atoms with Crippen molar-refractivity contribution < 1.29 is 19.1 Å². The maximum Gasteiger partial charge on any atom is 0.343 e. The maximum atomic E-state index is 12.8. The Balaban J connectivity index is 1.51. The predicted octanol–water partition coefficient (Wildman–Crippen LogP) is 5.14. The fourth-order valence-electron chi connectivity index (χ4n) is 4.11. The van der Waals surface area contributed by atoms with E-state index in [-0.39, 0.29) is 40.0 Å². The Morgan fingerprint density at radius 2 is 1.69 bits per heavy atom. The number of halogens is 2. The second kappa shape index (κ2) is 7.81. The van der Waals surface area contributed by atoms with E-state index >= 15 is 0 Å². The SMILES string of the molecule is C[C@@H]1CC[C@H]2C(=O)N(c3ccc(C(=O)Oc4ccc(Cl)cc4Cl)cc3)C(=O)[C@@H]2C1. The minimum atomic E-state index is -0.595. The molecule has 5 nitrogen and oxygen atoms in total. The fraction of sp³-hybridized carbons (Fsp3) is 0.318. The van der Waals surface area contributed by atoms with Gasteiger partial charge in [-0.25, -0.2) is 4.79 Å². The highest BCUT2D eigenvalue weighted by Gasteiger charge is 2.49. The van der Waals surface area contributed by atoms with Crippen LogP contribution in [-0.4, -0.2) is 17.8 Å². The first-order valence-corrected chi connectivity index (χ1v) is 10.3. The quantitative estimate of drug-likeness (QED) is 0.383. The van der Waals surface area contributed by atoms with Gasteiger partial charge < -0.3 is 4.74 Å². The lowest BCUT2D eigenvalue weighted by atomic mass is 9.76. The number of amides is 2. The van der Waals surface area contributed by atoms with E-state index in [1.807, 2.05) is 0 Å². The average Bonchev–Trinajstić information content (AvgIpc) is 2.94. The molecule has 1 aliphatic carbocycles. The number of carbonyl (C=O) groups is 3. The van der Waals surface area contributed by atoms with Crippen LogP contribution in [0.2, 0.25) is 10.0 Å². The fourth-order valence-corrected chi connectivity index (χ4v) is 4.55. The van der Waals surface area contributed by atoms with Crippen LogP contribution in [-0.2, 0) is 9.59 Å². The molecular formula is C22H19Cl2NO4. The molecule has 0 aromatic heterocycles. The highest BCUT2D eigenvalue weighted by atomic mass is 35.5. The molecule has 3 atom stereocenters. The van der Waals surface area contributed by atoms with Crippen molar-refractivity contribution in [3.05, 3.63) is 58.1 Å². The molecule has 0 radical (unpaired) electrons. The molecule has 1 saturated carbocycles. The summed E-state index contributed by atoms with van der Waals surface area (Å²) >= 11 is 11.9. The van der Waals surface area contributed by atoms with E-state index < -0.39 is 5.97 Å². The van der Waals surface area contributed by atoms with Crippen LogP contribution in [0.5, 0.6) is 5.75 Å². The standard InChI is InChI=1S/C22H19Cl2NO4/c1-12-2-8-16-17(10-12)21(27)25(20(16)26)15-6-3-13(4-7-15)22(28)29-19-9-5-14(23)11-18(19)24/h3-7,9,11-12,16-17H,2,8,10H2,1H3/t12-,16-,17-/m1/s1. The van der Waals surface area contributed by atoms with Crippen molar-refractivity contribution >= 4 is 46.7 Å². The van der Waals surface area contributed by atoms with E-state index in [9.17, 15) is 14.4 Å². The van der Waals surface area contributed by atoms with Crippen molar-refractivity contribution in [2.24, 2.45) is 17.8 Å². The Hall–Kier alpha value is -2.37. The monoisotopic (exact) mass is 431 g/mol. The van der Waals surface area contributed by atoms with Gasteiger partial charge in [-0.3, -0.25) is 14.5 Å². The van der Waals surface area contributed by atoms with Crippen molar-refractivity contribution in [3.8, 4) is 5.75 Å². The summed E-state index contributed by atoms with van der Waals surface area (Å²) in [6.45, 7) is 2.12. The lowest BCUT2D eigenvalue weighted by molar-refractivity contribution is -0.122. The number of hydrogen-bond acceptors (Lipinski definition) is 4. The summed E-state index contributed by atoms with van der Waals surface area (Å²) in [6.07, 6.45) is 2.46. The zero-order valence-electron chi connectivity index (χ0n) is 15.7. The number of carbonyl (C=O) groups excluding carboxylic acids is 3. The van der Waals surface area contributed by atoms with Gasteiger partial charge >= 0.3 is 5.97 Å². The molecule has 29 heavy (non-hydrogen) atoms. The molecular weight excluding hydrogens is 413 g/mol. The number of nitrogens with zero attached hydrogens (tertiary/aromatic N) is 1. The topological polar surface area (TPSA) is 63.7 Å². The number of rotatable bonds is 3. The first-order chi connectivity index (χ1) is 13.8. The number of ether oxygens (including phenoxy) is 1. The van der Waals surface area contributed by atoms with Gasteiger partial charge in [-0.15, -0.1) is 0 Å². The van der Waals surface area contributed by atoms with Gasteiger partial charge in [0.05, 0.1) is 28.1 Å². The highest BCUT2D eigenvalue weighted by Crippen LogP contribution is 2.42. The van der Waals surface area contributed by atoms with Crippen LogP contribution in [0.3, 0.4) is 0 Å². The first-order valence-electron chi connectivity index (χ1n) is 9.50. The Morgan fingerprint density at radius 1 is 1.00 bits per heavy atom. The number of fused-ring (bicyclic) bond motifs is 1. The largest absolute Gasteiger partial charge is 0.421 e. The molecule has 2 fully saturated rings. The number of imide groups is 1. The van der Waals surface area contributed by atoms with E-state index in [0.717, 1.165) is 19.3 Å². The molecule has 2 aromatic carbocycles. The second-order valence-electron chi connectivity index (χ2n) is 7.65.